The average molecular weight is 742 g/mol. The summed E-state index contributed by atoms with van der Waals surface area (Å²) in [5, 5.41) is 24.5. The van der Waals surface area contributed by atoms with E-state index < -0.39 is 60.2 Å². The van der Waals surface area contributed by atoms with Gasteiger partial charge in [0.1, 0.15) is 18.1 Å². The van der Waals surface area contributed by atoms with Gasteiger partial charge >= 0.3 is 5.97 Å². The fraction of sp³-hybridized carbons (Fsp3) is 0.405. The van der Waals surface area contributed by atoms with Gasteiger partial charge in [0.15, 0.2) is 0 Å². The molecule has 14 heteroatoms. The lowest BCUT2D eigenvalue weighted by Gasteiger charge is -2.22. The Bertz CT molecular complexity index is 1460. The van der Waals surface area contributed by atoms with Gasteiger partial charge in [0, 0.05) is 42.7 Å². The number of hydrogen-bond donors (Lipinski definition) is 6. The summed E-state index contributed by atoms with van der Waals surface area (Å²) in [6.07, 6.45) is 13.3. The largest absolute Gasteiger partial charge is 0.480 e. The molecule has 4 rings (SSSR count). The number of amides is 5. The van der Waals surface area contributed by atoms with Gasteiger partial charge < -0.3 is 31.7 Å². The van der Waals surface area contributed by atoms with Crippen LogP contribution in [-0.4, -0.2) is 77.3 Å². The van der Waals surface area contributed by atoms with Gasteiger partial charge in [0.05, 0.1) is 6.54 Å². The minimum Gasteiger partial charge on any atom is -0.480 e. The molecule has 3 heterocycles. The van der Waals surface area contributed by atoms with E-state index in [1.54, 1.807) is 55.5 Å². The molecule has 2 aromatic rings. The number of nitrogens with one attached hydrogen (secondary N) is 5. The van der Waals surface area contributed by atoms with Crippen molar-refractivity contribution in [2.24, 2.45) is 0 Å². The zero-order chi connectivity index (χ0) is 38.8. The molecule has 2 aliphatic heterocycles. The smallest absolute Gasteiger partial charge is 0.326 e. The highest BCUT2D eigenvalue weighted by Gasteiger charge is 2.28. The van der Waals surface area contributed by atoms with E-state index in [0.717, 1.165) is 4.88 Å². The van der Waals surface area contributed by atoms with Crippen LogP contribution in [-0.2, 0) is 41.6 Å². The standard InChI is InChI=1S/C30H35N5O7S.C3H8S.C2H6.C2H2/c1-3-5-18(2)14-22-29(40)35-24(30(41)42)15-19-7-9-20(10-8-19)32-25(36)11-12-26(37)33-23(16-21-6-4-13-43-21)28(39)31-17-27(38)34-22;1-3-4-2;2*1-2/h3-10,13,22-24H,2,11-12,14-17H2,1H3,(H,31,39)(H,32,36)(H,33,37)(H,34,38)(H,35,40)(H,41,42);3H2,1-2H3;1-2H3;1-2H/b5-3-;;;/t22-,23-,24+;;;/m1.../s1. The lowest BCUT2D eigenvalue weighted by molar-refractivity contribution is -0.142. The fourth-order valence-electron chi connectivity index (χ4n) is 4.30. The van der Waals surface area contributed by atoms with E-state index in [1.807, 2.05) is 31.0 Å². The van der Waals surface area contributed by atoms with Crippen LogP contribution in [0.2, 0.25) is 0 Å². The van der Waals surface area contributed by atoms with E-state index in [9.17, 15) is 33.9 Å². The molecule has 0 aliphatic carbocycles. The van der Waals surface area contributed by atoms with Gasteiger partial charge in [-0.2, -0.15) is 11.8 Å². The van der Waals surface area contributed by atoms with E-state index in [0.29, 0.717) is 16.8 Å². The molecule has 2 bridgehead atoms. The first-order valence-corrected chi connectivity index (χ1v) is 18.7. The molecule has 5 amide bonds. The van der Waals surface area contributed by atoms with Gasteiger partial charge in [-0.3, -0.25) is 24.0 Å². The fourth-order valence-corrected chi connectivity index (χ4v) is 5.05. The summed E-state index contributed by atoms with van der Waals surface area (Å²) in [6.45, 7) is 11.3. The van der Waals surface area contributed by atoms with E-state index >= 15 is 0 Å². The SMILES string of the molecule is C#C.C=C(/C=C\C)C[C@H]1NC(=O)CNC(=O)[C@@H](Cc2cccs2)NC(=O)CCC(=O)Nc2ccc(cc2)C[C@@H](C(=O)O)NC1=O.CC.CCSC. The second-order valence-corrected chi connectivity index (χ2v) is 12.7. The first-order valence-electron chi connectivity index (χ1n) is 16.4. The third-order valence-corrected chi connectivity index (χ3v) is 8.22. The summed E-state index contributed by atoms with van der Waals surface area (Å²) in [6, 6.07) is 6.51. The molecule has 2 aliphatic rings. The van der Waals surface area contributed by atoms with Crippen LogP contribution in [0, 0.1) is 12.8 Å². The second kappa shape index (κ2) is 26.9. The van der Waals surface area contributed by atoms with Crippen molar-refractivity contribution in [3.8, 4) is 12.8 Å². The van der Waals surface area contributed by atoms with Crippen LogP contribution in [0.1, 0.15) is 57.4 Å². The second-order valence-electron chi connectivity index (χ2n) is 10.5. The van der Waals surface area contributed by atoms with Crippen molar-refractivity contribution >= 4 is 64.3 Å². The highest BCUT2D eigenvalue weighted by atomic mass is 32.2. The number of carbonyl (C=O) groups is 6. The maximum atomic E-state index is 13.2. The van der Waals surface area contributed by atoms with Crippen LogP contribution < -0.4 is 26.6 Å². The molecule has 0 spiro atoms. The lowest BCUT2D eigenvalue weighted by atomic mass is 10.0. The molecule has 51 heavy (non-hydrogen) atoms. The summed E-state index contributed by atoms with van der Waals surface area (Å²) in [4.78, 5) is 77.1. The molecule has 6 N–H and O–H groups in total. The molecule has 12 nitrogen and oxygen atoms in total. The van der Waals surface area contributed by atoms with Crippen molar-refractivity contribution in [3.63, 3.8) is 0 Å². The molecular formula is C37H51N5O7S2. The molecule has 3 atom stereocenters. The van der Waals surface area contributed by atoms with Crippen LogP contribution in [0.5, 0.6) is 0 Å². The number of carbonyl (C=O) groups excluding carboxylic acids is 5. The summed E-state index contributed by atoms with van der Waals surface area (Å²) in [7, 11) is 0. The number of carboxylic acid groups (broad SMARTS) is 1. The predicted octanol–water partition coefficient (Wildman–Crippen LogP) is 4.09. The molecule has 0 saturated heterocycles. The van der Waals surface area contributed by atoms with Crippen LogP contribution in [0.3, 0.4) is 0 Å². The number of fused-ring (bicyclic) bond motifs is 18. The molecule has 0 unspecified atom stereocenters. The Hall–Kier alpha value is -4.87. The van der Waals surface area contributed by atoms with Crippen molar-refractivity contribution in [2.75, 3.05) is 23.9 Å². The monoisotopic (exact) mass is 741 g/mol. The van der Waals surface area contributed by atoms with Gasteiger partial charge in [0.25, 0.3) is 0 Å². The Morgan fingerprint density at radius 2 is 1.57 bits per heavy atom. The first kappa shape index (κ1) is 46.1. The van der Waals surface area contributed by atoms with Crippen molar-refractivity contribution < 1.29 is 33.9 Å². The molecule has 278 valence electrons. The zero-order valence-corrected chi connectivity index (χ0v) is 31.6. The number of carboxylic acids is 1. The Morgan fingerprint density at radius 3 is 2.12 bits per heavy atom. The van der Waals surface area contributed by atoms with Crippen LogP contribution >= 0.6 is 23.1 Å². The van der Waals surface area contributed by atoms with Gasteiger partial charge in [-0.15, -0.1) is 24.2 Å². The first-order chi connectivity index (χ1) is 24.4. The zero-order valence-electron chi connectivity index (χ0n) is 30.0. The summed E-state index contributed by atoms with van der Waals surface area (Å²) >= 11 is 3.25. The van der Waals surface area contributed by atoms with Crippen molar-refractivity contribution in [1.29, 1.82) is 0 Å². The minimum atomic E-state index is -1.31. The molecule has 0 fully saturated rings. The number of hydrogen-bond acceptors (Lipinski definition) is 8. The van der Waals surface area contributed by atoms with Gasteiger partial charge in [-0.1, -0.05) is 63.3 Å². The summed E-state index contributed by atoms with van der Waals surface area (Å²) < 4.78 is 0. The third kappa shape index (κ3) is 19.2. The van der Waals surface area contributed by atoms with Crippen molar-refractivity contribution in [1.82, 2.24) is 21.3 Å². The number of terminal acetylenes is 1. The number of benzene rings is 1. The lowest BCUT2D eigenvalue weighted by Crippen LogP contribution is -2.54. The van der Waals surface area contributed by atoms with Crippen molar-refractivity contribution in [3.05, 3.63) is 76.5 Å². The highest BCUT2D eigenvalue weighted by molar-refractivity contribution is 7.98. The highest BCUT2D eigenvalue weighted by Crippen LogP contribution is 2.14. The van der Waals surface area contributed by atoms with Crippen LogP contribution in [0.4, 0.5) is 5.69 Å². The number of anilines is 1. The van der Waals surface area contributed by atoms with E-state index in [1.165, 1.54) is 17.1 Å². The summed E-state index contributed by atoms with van der Waals surface area (Å²) in [5.74, 6) is -3.05. The predicted molar refractivity (Wildman–Crippen MR) is 206 cm³/mol. The quantitative estimate of drug-likeness (QED) is 0.139. The Kier molecular flexibility index (Phi) is 24.4. The Morgan fingerprint density at radius 1 is 0.961 bits per heavy atom. The number of thioether (sulfide) groups is 1. The molecule has 1 aromatic carbocycles. The van der Waals surface area contributed by atoms with Crippen LogP contribution in [0.25, 0.3) is 0 Å². The van der Waals surface area contributed by atoms with E-state index in [-0.39, 0.29) is 32.1 Å². The maximum absolute atomic E-state index is 13.2. The van der Waals surface area contributed by atoms with Gasteiger partial charge in [0.2, 0.25) is 29.5 Å². The minimum absolute atomic E-state index is 0.00630. The maximum Gasteiger partial charge on any atom is 0.326 e. The number of thiophene rings is 1. The normalized spacial score (nSPS) is 18.6. The van der Waals surface area contributed by atoms with Gasteiger partial charge in [-0.25, -0.2) is 4.79 Å². The van der Waals surface area contributed by atoms with Crippen LogP contribution in [0.15, 0.2) is 66.1 Å². The average Bonchev–Trinajstić information content (AvgIpc) is 3.64. The molecule has 1 aromatic heterocycles. The summed E-state index contributed by atoms with van der Waals surface area (Å²) in [5.41, 5.74) is 1.53. The third-order valence-electron chi connectivity index (χ3n) is 6.74. The molecule has 0 saturated carbocycles. The molecular weight excluding hydrogens is 691 g/mol. The Labute approximate surface area is 309 Å². The van der Waals surface area contributed by atoms with E-state index in [2.05, 4.69) is 59.2 Å². The topological polar surface area (TPSA) is 183 Å². The molecule has 0 radical (unpaired) electrons. The number of rotatable bonds is 7. The van der Waals surface area contributed by atoms with Crippen molar-refractivity contribution in [2.45, 2.75) is 77.9 Å². The van der Waals surface area contributed by atoms with Gasteiger partial charge in [-0.05, 0) is 48.1 Å². The van der Waals surface area contributed by atoms with E-state index in [4.69, 9.17) is 0 Å². The Balaban J connectivity index is 0.00000286. The number of aliphatic carboxylic acids is 1. The number of allylic oxidation sites excluding steroid dienone is 2.